The summed E-state index contributed by atoms with van der Waals surface area (Å²) in [5.41, 5.74) is 0.151. The van der Waals surface area contributed by atoms with Gasteiger partial charge in [0, 0.05) is 13.2 Å². The molecule has 0 atom stereocenters. The fourth-order valence-electron chi connectivity index (χ4n) is 1.30. The number of anilines is 1. The molecule has 0 aliphatic heterocycles. The average Bonchev–Trinajstić information content (AvgIpc) is 2.51. The summed E-state index contributed by atoms with van der Waals surface area (Å²) in [6, 6.07) is 0. The summed E-state index contributed by atoms with van der Waals surface area (Å²) in [5, 5.41) is 9.89. The third kappa shape index (κ3) is 3.06. The molecule has 0 bridgehead atoms. The molecule has 15 heavy (non-hydrogen) atoms. The van der Waals surface area contributed by atoms with Gasteiger partial charge in [-0.15, -0.1) is 0 Å². The first-order chi connectivity index (χ1) is 6.95. The summed E-state index contributed by atoms with van der Waals surface area (Å²) < 4.78 is 1.65. The standard InChI is InChI=1S/C10H18N4O/c1-5-11-10(2,3)9(15)13-8-6-12-14(4)7-8/h6-7,11H,5H2,1-4H3,(H,13,15). The lowest BCUT2D eigenvalue weighted by Crippen LogP contribution is -2.49. The Kier molecular flexibility index (Phi) is 3.47. The van der Waals surface area contributed by atoms with Crippen LogP contribution in [0.2, 0.25) is 0 Å². The number of aryl methyl sites for hydroxylation is 1. The third-order valence-electron chi connectivity index (χ3n) is 2.15. The molecule has 0 aromatic carbocycles. The minimum Gasteiger partial charge on any atom is -0.322 e. The number of carbonyl (C=O) groups is 1. The van der Waals surface area contributed by atoms with Crippen molar-refractivity contribution in [3.63, 3.8) is 0 Å². The maximum atomic E-state index is 11.8. The Morgan fingerprint density at radius 3 is 2.73 bits per heavy atom. The number of nitrogens with zero attached hydrogens (tertiary/aromatic N) is 2. The molecule has 2 N–H and O–H groups in total. The van der Waals surface area contributed by atoms with E-state index in [1.165, 1.54) is 0 Å². The fourth-order valence-corrected chi connectivity index (χ4v) is 1.30. The molecule has 1 aromatic heterocycles. The van der Waals surface area contributed by atoms with E-state index in [1.807, 2.05) is 27.8 Å². The number of rotatable bonds is 4. The highest BCUT2D eigenvalue weighted by Crippen LogP contribution is 2.09. The summed E-state index contributed by atoms with van der Waals surface area (Å²) in [5.74, 6) is -0.0580. The molecule has 1 heterocycles. The number of carbonyl (C=O) groups excluding carboxylic acids is 1. The summed E-state index contributed by atoms with van der Waals surface area (Å²) >= 11 is 0. The van der Waals surface area contributed by atoms with Gasteiger partial charge in [-0.25, -0.2) is 0 Å². The molecular formula is C10H18N4O. The topological polar surface area (TPSA) is 59.0 Å². The van der Waals surface area contributed by atoms with Gasteiger partial charge in [-0.3, -0.25) is 9.48 Å². The van der Waals surface area contributed by atoms with E-state index < -0.39 is 5.54 Å². The summed E-state index contributed by atoms with van der Waals surface area (Å²) in [6.45, 7) is 6.43. The fraction of sp³-hybridized carbons (Fsp3) is 0.600. The van der Waals surface area contributed by atoms with Crippen molar-refractivity contribution in [1.29, 1.82) is 0 Å². The van der Waals surface area contributed by atoms with Crippen molar-refractivity contribution in [2.75, 3.05) is 11.9 Å². The van der Waals surface area contributed by atoms with Crippen molar-refractivity contribution in [3.05, 3.63) is 12.4 Å². The van der Waals surface area contributed by atoms with Gasteiger partial charge < -0.3 is 10.6 Å². The Morgan fingerprint density at radius 1 is 1.60 bits per heavy atom. The summed E-state index contributed by atoms with van der Waals surface area (Å²) in [7, 11) is 1.81. The molecule has 1 rings (SSSR count). The van der Waals surface area contributed by atoms with Gasteiger partial charge in [-0.2, -0.15) is 5.10 Å². The zero-order chi connectivity index (χ0) is 11.5. The molecule has 0 spiro atoms. The molecule has 0 radical (unpaired) electrons. The lowest BCUT2D eigenvalue weighted by atomic mass is 10.0. The highest BCUT2D eigenvalue weighted by atomic mass is 16.2. The van der Waals surface area contributed by atoms with E-state index in [-0.39, 0.29) is 5.91 Å². The average molecular weight is 210 g/mol. The van der Waals surface area contributed by atoms with Crippen molar-refractivity contribution in [1.82, 2.24) is 15.1 Å². The predicted molar refractivity (Wildman–Crippen MR) is 59.6 cm³/mol. The predicted octanol–water partition coefficient (Wildman–Crippen LogP) is 0.747. The maximum absolute atomic E-state index is 11.8. The number of likely N-dealkylation sites (N-methyl/N-ethyl adjacent to an activating group) is 1. The zero-order valence-corrected chi connectivity index (χ0v) is 9.66. The van der Waals surface area contributed by atoms with E-state index in [4.69, 9.17) is 0 Å². The molecule has 0 saturated heterocycles. The van der Waals surface area contributed by atoms with Crippen LogP contribution in [-0.2, 0) is 11.8 Å². The SMILES string of the molecule is CCNC(C)(C)C(=O)Nc1cnn(C)c1. The van der Waals surface area contributed by atoms with Crippen molar-refractivity contribution in [2.24, 2.45) is 7.05 Å². The molecule has 0 saturated carbocycles. The van der Waals surface area contributed by atoms with E-state index in [0.717, 1.165) is 6.54 Å². The van der Waals surface area contributed by atoms with E-state index in [2.05, 4.69) is 15.7 Å². The van der Waals surface area contributed by atoms with Gasteiger partial charge in [-0.05, 0) is 20.4 Å². The molecule has 0 unspecified atom stereocenters. The van der Waals surface area contributed by atoms with Crippen LogP contribution in [0, 0.1) is 0 Å². The van der Waals surface area contributed by atoms with Crippen molar-refractivity contribution < 1.29 is 4.79 Å². The number of nitrogens with one attached hydrogen (secondary N) is 2. The molecule has 0 aliphatic rings. The third-order valence-corrected chi connectivity index (χ3v) is 2.15. The Labute approximate surface area is 89.9 Å². The van der Waals surface area contributed by atoms with Crippen LogP contribution in [0.4, 0.5) is 5.69 Å². The number of amides is 1. The van der Waals surface area contributed by atoms with Crippen LogP contribution in [0.3, 0.4) is 0 Å². The first-order valence-electron chi connectivity index (χ1n) is 5.01. The van der Waals surface area contributed by atoms with E-state index in [1.54, 1.807) is 17.1 Å². The van der Waals surface area contributed by atoms with Crippen molar-refractivity contribution in [2.45, 2.75) is 26.3 Å². The number of hydrogen-bond donors (Lipinski definition) is 2. The van der Waals surface area contributed by atoms with Crippen molar-refractivity contribution >= 4 is 11.6 Å². The monoisotopic (exact) mass is 210 g/mol. The van der Waals surface area contributed by atoms with Crippen LogP contribution in [-0.4, -0.2) is 27.8 Å². The minimum atomic E-state index is -0.565. The second-order valence-electron chi connectivity index (χ2n) is 4.01. The zero-order valence-electron chi connectivity index (χ0n) is 9.66. The molecule has 5 heteroatoms. The van der Waals surface area contributed by atoms with E-state index in [9.17, 15) is 4.79 Å². The lowest BCUT2D eigenvalue weighted by molar-refractivity contribution is -0.121. The Hall–Kier alpha value is -1.36. The van der Waals surface area contributed by atoms with Gasteiger partial charge in [0.1, 0.15) is 0 Å². The van der Waals surface area contributed by atoms with Crippen LogP contribution < -0.4 is 10.6 Å². The molecule has 1 aromatic rings. The van der Waals surface area contributed by atoms with Crippen LogP contribution in [0.5, 0.6) is 0 Å². The molecule has 84 valence electrons. The highest BCUT2D eigenvalue weighted by molar-refractivity contribution is 5.97. The molecular weight excluding hydrogens is 192 g/mol. The second-order valence-corrected chi connectivity index (χ2v) is 4.01. The summed E-state index contributed by atoms with van der Waals surface area (Å²) in [4.78, 5) is 11.8. The second kappa shape index (κ2) is 4.44. The van der Waals surface area contributed by atoms with Gasteiger partial charge in [0.15, 0.2) is 0 Å². The molecule has 0 fully saturated rings. The normalized spacial score (nSPS) is 11.5. The van der Waals surface area contributed by atoms with Gasteiger partial charge >= 0.3 is 0 Å². The highest BCUT2D eigenvalue weighted by Gasteiger charge is 2.26. The van der Waals surface area contributed by atoms with Crippen molar-refractivity contribution in [3.8, 4) is 0 Å². The Bertz CT molecular complexity index is 343. The van der Waals surface area contributed by atoms with E-state index in [0.29, 0.717) is 5.69 Å². The van der Waals surface area contributed by atoms with Crippen LogP contribution in [0.15, 0.2) is 12.4 Å². The first-order valence-corrected chi connectivity index (χ1v) is 5.01. The number of aromatic nitrogens is 2. The van der Waals surface area contributed by atoms with Crippen LogP contribution in [0.25, 0.3) is 0 Å². The van der Waals surface area contributed by atoms with Gasteiger partial charge in [0.25, 0.3) is 0 Å². The lowest BCUT2D eigenvalue weighted by Gasteiger charge is -2.23. The minimum absolute atomic E-state index is 0.0580. The van der Waals surface area contributed by atoms with E-state index >= 15 is 0 Å². The number of hydrogen-bond acceptors (Lipinski definition) is 3. The smallest absolute Gasteiger partial charge is 0.244 e. The largest absolute Gasteiger partial charge is 0.322 e. The first kappa shape index (κ1) is 11.7. The van der Waals surface area contributed by atoms with Gasteiger partial charge in [0.2, 0.25) is 5.91 Å². The molecule has 5 nitrogen and oxygen atoms in total. The van der Waals surface area contributed by atoms with Crippen LogP contribution in [0.1, 0.15) is 20.8 Å². The Balaban J connectivity index is 2.63. The van der Waals surface area contributed by atoms with Gasteiger partial charge in [0.05, 0.1) is 17.4 Å². The van der Waals surface area contributed by atoms with Gasteiger partial charge in [-0.1, -0.05) is 6.92 Å². The quantitative estimate of drug-likeness (QED) is 0.771. The molecule has 0 aliphatic carbocycles. The Morgan fingerprint density at radius 2 is 2.27 bits per heavy atom. The van der Waals surface area contributed by atoms with Crippen LogP contribution >= 0.6 is 0 Å². The summed E-state index contributed by atoms with van der Waals surface area (Å²) in [6.07, 6.45) is 3.39. The maximum Gasteiger partial charge on any atom is 0.244 e. The molecule has 1 amide bonds.